The second kappa shape index (κ2) is 10.1. The molecule has 0 spiro atoms. The highest BCUT2D eigenvalue weighted by Crippen LogP contribution is 2.19. The number of guanidine groups is 1. The van der Waals surface area contributed by atoms with Gasteiger partial charge in [0.15, 0.2) is 5.96 Å². The second-order valence-corrected chi connectivity index (χ2v) is 8.01. The van der Waals surface area contributed by atoms with Gasteiger partial charge in [-0.1, -0.05) is 24.3 Å². The number of piperidine rings is 1. The van der Waals surface area contributed by atoms with E-state index in [4.69, 9.17) is 4.74 Å². The quantitative estimate of drug-likeness (QED) is 0.598. The molecule has 1 saturated heterocycles. The van der Waals surface area contributed by atoms with Crippen molar-refractivity contribution in [2.24, 2.45) is 4.99 Å². The number of para-hydroxylation sites is 1. The predicted octanol–water partition coefficient (Wildman–Crippen LogP) is 2.83. The normalized spacial score (nSPS) is 15.4. The highest BCUT2D eigenvalue weighted by molar-refractivity contribution is 7.09. The first kappa shape index (κ1) is 20.2. The Labute approximate surface area is 170 Å². The summed E-state index contributed by atoms with van der Waals surface area (Å²) < 4.78 is 6.09. The average Bonchev–Trinajstić information content (AvgIpc) is 3.23. The molecule has 28 heavy (non-hydrogen) atoms. The van der Waals surface area contributed by atoms with Crippen LogP contribution in [0.2, 0.25) is 0 Å². The number of amides is 1. The molecular weight excluding hydrogens is 372 g/mol. The van der Waals surface area contributed by atoms with Gasteiger partial charge in [0.25, 0.3) is 0 Å². The van der Waals surface area contributed by atoms with Crippen molar-refractivity contribution in [3.8, 4) is 5.75 Å². The van der Waals surface area contributed by atoms with Gasteiger partial charge < -0.3 is 19.9 Å². The van der Waals surface area contributed by atoms with Gasteiger partial charge in [0.2, 0.25) is 5.91 Å². The van der Waals surface area contributed by atoms with E-state index < -0.39 is 0 Å². The van der Waals surface area contributed by atoms with Crippen molar-refractivity contribution in [1.29, 1.82) is 0 Å². The van der Waals surface area contributed by atoms with E-state index in [1.807, 2.05) is 36.4 Å². The van der Waals surface area contributed by atoms with E-state index in [2.05, 4.69) is 26.7 Å². The number of likely N-dealkylation sites (N-methyl/N-ethyl adjacent to an activating group) is 1. The summed E-state index contributed by atoms with van der Waals surface area (Å²) in [5, 5.41) is 5.49. The largest absolute Gasteiger partial charge is 0.490 e. The van der Waals surface area contributed by atoms with Crippen LogP contribution in [0.4, 0.5) is 0 Å². The highest BCUT2D eigenvalue weighted by atomic mass is 32.1. The molecular formula is C21H28N4O2S. The zero-order chi connectivity index (χ0) is 19.8. The lowest BCUT2D eigenvalue weighted by atomic mass is 10.1. The fourth-order valence-electron chi connectivity index (χ4n) is 3.01. The van der Waals surface area contributed by atoms with Crippen LogP contribution in [0.15, 0.2) is 52.8 Å². The number of rotatable bonds is 6. The number of carbonyl (C=O) groups excluding carboxylic acids is 1. The Kier molecular flexibility index (Phi) is 7.31. The summed E-state index contributed by atoms with van der Waals surface area (Å²) in [5.74, 6) is 1.71. The maximum atomic E-state index is 12.0. The fraction of sp³-hybridized carbons (Fsp3) is 0.429. The summed E-state index contributed by atoms with van der Waals surface area (Å²) in [5.41, 5.74) is 0. The molecule has 1 aliphatic rings. The highest BCUT2D eigenvalue weighted by Gasteiger charge is 2.23. The number of hydrogen-bond acceptors (Lipinski definition) is 4. The zero-order valence-electron chi connectivity index (χ0n) is 16.5. The number of nitrogens with zero attached hydrogens (tertiary/aromatic N) is 3. The summed E-state index contributed by atoms with van der Waals surface area (Å²) in [6.07, 6.45) is 2.06. The third-order valence-corrected chi connectivity index (χ3v) is 5.53. The summed E-state index contributed by atoms with van der Waals surface area (Å²) >= 11 is 1.71. The minimum atomic E-state index is -0.00211. The minimum absolute atomic E-state index is 0.00211. The molecule has 0 aliphatic carbocycles. The molecule has 0 bridgehead atoms. The third-order valence-electron chi connectivity index (χ3n) is 4.65. The molecule has 0 atom stereocenters. The van der Waals surface area contributed by atoms with Gasteiger partial charge in [-0.15, -0.1) is 11.3 Å². The van der Waals surface area contributed by atoms with Gasteiger partial charge in [-0.2, -0.15) is 0 Å². The van der Waals surface area contributed by atoms with E-state index in [1.54, 1.807) is 30.3 Å². The molecule has 6 nitrogen and oxygen atoms in total. The summed E-state index contributed by atoms with van der Waals surface area (Å²) in [6, 6.07) is 14.1. The molecule has 0 radical (unpaired) electrons. The van der Waals surface area contributed by atoms with Crippen LogP contribution in [0, 0.1) is 0 Å². The standard InChI is InChI=1S/C21H28N4O2S/c1-24(2)20(26)16-23-21(22-15-19-9-6-14-28-19)25-12-10-18(11-13-25)27-17-7-4-3-5-8-17/h3-9,14,18H,10-13,15-16H2,1-2H3,(H,22,23). The molecule has 3 rings (SSSR count). The van der Waals surface area contributed by atoms with E-state index in [1.165, 1.54) is 4.88 Å². The molecule has 2 heterocycles. The van der Waals surface area contributed by atoms with Crippen LogP contribution in [-0.2, 0) is 11.3 Å². The third kappa shape index (κ3) is 5.99. The first-order valence-corrected chi connectivity index (χ1v) is 10.5. The number of carbonyl (C=O) groups is 1. The molecule has 1 amide bonds. The Morgan fingerprint density at radius 2 is 1.96 bits per heavy atom. The van der Waals surface area contributed by atoms with Crippen molar-refractivity contribution >= 4 is 23.2 Å². The number of aliphatic imine (C=N–C) groups is 1. The smallest absolute Gasteiger partial charge is 0.243 e. The van der Waals surface area contributed by atoms with Crippen LogP contribution >= 0.6 is 11.3 Å². The maximum absolute atomic E-state index is 12.0. The monoisotopic (exact) mass is 400 g/mol. The van der Waals surface area contributed by atoms with Gasteiger partial charge in [0, 0.05) is 44.9 Å². The minimum Gasteiger partial charge on any atom is -0.490 e. The Morgan fingerprint density at radius 1 is 1.21 bits per heavy atom. The van der Waals surface area contributed by atoms with Gasteiger partial charge in [0.1, 0.15) is 18.4 Å². The van der Waals surface area contributed by atoms with Crippen molar-refractivity contribution in [1.82, 2.24) is 15.1 Å². The van der Waals surface area contributed by atoms with Gasteiger partial charge in [-0.05, 0) is 23.6 Å². The van der Waals surface area contributed by atoms with Crippen molar-refractivity contribution in [2.45, 2.75) is 25.5 Å². The van der Waals surface area contributed by atoms with Crippen LogP contribution in [0.3, 0.4) is 0 Å². The van der Waals surface area contributed by atoms with Crippen LogP contribution in [-0.4, -0.2) is 61.5 Å². The molecule has 1 N–H and O–H groups in total. The van der Waals surface area contributed by atoms with E-state index in [9.17, 15) is 4.79 Å². The molecule has 1 aromatic heterocycles. The first-order chi connectivity index (χ1) is 13.6. The summed E-state index contributed by atoms with van der Waals surface area (Å²) in [6.45, 7) is 2.57. The number of nitrogens with one attached hydrogen (secondary N) is 1. The lowest BCUT2D eigenvalue weighted by Crippen LogP contribution is -2.47. The van der Waals surface area contributed by atoms with Crippen molar-refractivity contribution in [2.75, 3.05) is 33.7 Å². The Hall–Kier alpha value is -2.54. The molecule has 150 valence electrons. The number of likely N-dealkylation sites (tertiary alicyclic amines) is 1. The van der Waals surface area contributed by atoms with Crippen LogP contribution in [0.25, 0.3) is 0 Å². The molecule has 0 saturated carbocycles. The number of ether oxygens (including phenoxy) is 1. The van der Waals surface area contributed by atoms with Crippen LogP contribution in [0.1, 0.15) is 17.7 Å². The van der Waals surface area contributed by atoms with Crippen molar-refractivity contribution in [3.05, 3.63) is 52.7 Å². The number of benzene rings is 1. The fourth-order valence-corrected chi connectivity index (χ4v) is 3.65. The topological polar surface area (TPSA) is 57.2 Å². The Morgan fingerprint density at radius 3 is 2.61 bits per heavy atom. The van der Waals surface area contributed by atoms with E-state index in [0.717, 1.165) is 37.6 Å². The summed E-state index contributed by atoms with van der Waals surface area (Å²) in [7, 11) is 3.51. The molecule has 0 unspecified atom stereocenters. The Balaban J connectivity index is 1.58. The zero-order valence-corrected chi connectivity index (χ0v) is 17.3. The van der Waals surface area contributed by atoms with Gasteiger partial charge in [-0.25, -0.2) is 4.99 Å². The van der Waals surface area contributed by atoms with E-state index in [0.29, 0.717) is 6.54 Å². The number of hydrogen-bond donors (Lipinski definition) is 1. The lowest BCUT2D eigenvalue weighted by molar-refractivity contribution is -0.127. The first-order valence-electron chi connectivity index (χ1n) is 9.59. The van der Waals surface area contributed by atoms with E-state index in [-0.39, 0.29) is 18.6 Å². The summed E-state index contributed by atoms with van der Waals surface area (Å²) in [4.78, 5) is 21.6. The SMILES string of the molecule is CN(C)C(=O)CN=C(NCc1cccs1)N1CCC(Oc2ccccc2)CC1. The molecule has 2 aromatic rings. The molecule has 7 heteroatoms. The average molecular weight is 401 g/mol. The maximum Gasteiger partial charge on any atom is 0.243 e. The lowest BCUT2D eigenvalue weighted by Gasteiger charge is -2.34. The van der Waals surface area contributed by atoms with Gasteiger partial charge >= 0.3 is 0 Å². The number of thiophene rings is 1. The molecule has 1 aromatic carbocycles. The van der Waals surface area contributed by atoms with Crippen molar-refractivity contribution < 1.29 is 9.53 Å². The van der Waals surface area contributed by atoms with E-state index >= 15 is 0 Å². The molecule has 1 aliphatic heterocycles. The van der Waals surface area contributed by atoms with Crippen molar-refractivity contribution in [3.63, 3.8) is 0 Å². The molecule has 1 fully saturated rings. The van der Waals surface area contributed by atoms with Crippen LogP contribution < -0.4 is 10.1 Å². The Bertz CT molecular complexity index is 754. The van der Waals surface area contributed by atoms with Crippen LogP contribution in [0.5, 0.6) is 5.75 Å². The van der Waals surface area contributed by atoms with Gasteiger partial charge in [0.05, 0.1) is 6.54 Å². The predicted molar refractivity (Wildman–Crippen MR) is 114 cm³/mol. The second-order valence-electron chi connectivity index (χ2n) is 6.98. The van der Waals surface area contributed by atoms with Gasteiger partial charge in [-0.3, -0.25) is 4.79 Å².